The summed E-state index contributed by atoms with van der Waals surface area (Å²) in [4.78, 5) is 11.6. The summed E-state index contributed by atoms with van der Waals surface area (Å²) < 4.78 is 5.15. The molecule has 0 spiro atoms. The van der Waals surface area contributed by atoms with E-state index < -0.39 is 0 Å². The lowest BCUT2D eigenvalue weighted by atomic mass is 9.87. The molecule has 1 aromatic carbocycles. The molecule has 0 aromatic heterocycles. The van der Waals surface area contributed by atoms with Crippen LogP contribution in [-0.2, 0) is 11.3 Å². The zero-order valence-corrected chi connectivity index (χ0v) is 10.2. The minimum atomic E-state index is -0.152. The van der Waals surface area contributed by atoms with Gasteiger partial charge in [0.15, 0.2) is 0 Å². The predicted octanol–water partition coefficient (Wildman–Crippen LogP) is 3.57. The van der Waals surface area contributed by atoms with E-state index in [4.69, 9.17) is 4.74 Å². The molecule has 2 rings (SSSR count). The fourth-order valence-corrected chi connectivity index (χ4v) is 2.54. The Hall–Kier alpha value is -1.31. The molecule has 0 saturated heterocycles. The number of aryl methyl sites for hydroxylation is 1. The van der Waals surface area contributed by atoms with Gasteiger partial charge >= 0.3 is 5.97 Å². The number of cyclic esters (lactones) is 1. The molecule has 2 heteroatoms. The normalized spacial score (nSPS) is 14.1. The lowest BCUT2D eigenvalue weighted by Gasteiger charge is -2.16. The number of carbonyl (C=O) groups excluding carboxylic acids is 1. The third-order valence-corrected chi connectivity index (χ3v) is 3.53. The van der Waals surface area contributed by atoms with Crippen LogP contribution in [0.2, 0.25) is 0 Å². The molecule has 2 nitrogen and oxygen atoms in total. The number of esters is 1. The van der Waals surface area contributed by atoms with Crippen molar-refractivity contribution in [3.63, 3.8) is 0 Å². The van der Waals surface area contributed by atoms with E-state index in [1.54, 1.807) is 0 Å². The van der Waals surface area contributed by atoms with Crippen molar-refractivity contribution < 1.29 is 9.53 Å². The van der Waals surface area contributed by atoms with Crippen molar-refractivity contribution in [3.8, 4) is 0 Å². The molecule has 0 N–H and O–H groups in total. The van der Waals surface area contributed by atoms with E-state index in [-0.39, 0.29) is 5.97 Å². The van der Waals surface area contributed by atoms with Crippen LogP contribution in [0.5, 0.6) is 0 Å². The van der Waals surface area contributed by atoms with Gasteiger partial charge in [0.05, 0.1) is 5.56 Å². The van der Waals surface area contributed by atoms with Gasteiger partial charge in [-0.15, -0.1) is 0 Å². The van der Waals surface area contributed by atoms with Crippen LogP contribution in [0.4, 0.5) is 0 Å². The first-order valence-corrected chi connectivity index (χ1v) is 5.98. The molecule has 1 aromatic rings. The Balaban J connectivity index is 2.53. The highest BCUT2D eigenvalue weighted by Crippen LogP contribution is 2.33. The van der Waals surface area contributed by atoms with E-state index in [0.717, 1.165) is 29.5 Å². The van der Waals surface area contributed by atoms with Gasteiger partial charge in [-0.2, -0.15) is 0 Å². The van der Waals surface area contributed by atoms with Crippen molar-refractivity contribution >= 4 is 5.97 Å². The average Bonchev–Trinajstić information content (AvgIpc) is 2.66. The van der Waals surface area contributed by atoms with Crippen molar-refractivity contribution in [2.45, 2.75) is 46.1 Å². The Morgan fingerprint density at radius 3 is 2.62 bits per heavy atom. The van der Waals surface area contributed by atoms with Crippen LogP contribution < -0.4 is 0 Å². The van der Waals surface area contributed by atoms with Gasteiger partial charge in [0.2, 0.25) is 0 Å². The summed E-state index contributed by atoms with van der Waals surface area (Å²) in [7, 11) is 0. The third-order valence-electron chi connectivity index (χ3n) is 3.53. The van der Waals surface area contributed by atoms with Crippen molar-refractivity contribution in [2.75, 3.05) is 0 Å². The number of ether oxygens (including phenoxy) is 1. The SMILES string of the molecule is CCC(CC)c1ccc(C)c2c1COC2=O. The Labute approximate surface area is 96.6 Å². The fourth-order valence-electron chi connectivity index (χ4n) is 2.54. The minimum absolute atomic E-state index is 0.152. The lowest BCUT2D eigenvalue weighted by Crippen LogP contribution is -2.03. The molecule has 1 aliphatic rings. The summed E-state index contributed by atoms with van der Waals surface area (Å²) in [5, 5.41) is 0. The van der Waals surface area contributed by atoms with Crippen LogP contribution in [0.25, 0.3) is 0 Å². The third kappa shape index (κ3) is 1.62. The second-order valence-corrected chi connectivity index (χ2v) is 4.41. The van der Waals surface area contributed by atoms with E-state index in [2.05, 4.69) is 19.9 Å². The molecule has 0 fully saturated rings. The van der Waals surface area contributed by atoms with Gasteiger partial charge in [0.25, 0.3) is 0 Å². The topological polar surface area (TPSA) is 26.3 Å². The second kappa shape index (κ2) is 4.28. The molecule has 0 unspecified atom stereocenters. The maximum atomic E-state index is 11.6. The monoisotopic (exact) mass is 218 g/mol. The molecular weight excluding hydrogens is 200 g/mol. The van der Waals surface area contributed by atoms with E-state index in [9.17, 15) is 4.79 Å². The van der Waals surface area contributed by atoms with Gasteiger partial charge < -0.3 is 4.74 Å². The summed E-state index contributed by atoms with van der Waals surface area (Å²) in [6.07, 6.45) is 2.22. The van der Waals surface area contributed by atoms with Gasteiger partial charge in [-0.3, -0.25) is 0 Å². The van der Waals surface area contributed by atoms with Crippen LogP contribution in [-0.4, -0.2) is 5.97 Å². The van der Waals surface area contributed by atoms with Crippen molar-refractivity contribution in [1.82, 2.24) is 0 Å². The highest BCUT2D eigenvalue weighted by atomic mass is 16.5. The van der Waals surface area contributed by atoms with E-state index in [1.165, 1.54) is 5.56 Å². The molecule has 1 heterocycles. The number of carbonyl (C=O) groups is 1. The van der Waals surface area contributed by atoms with Crippen LogP contribution in [0.1, 0.15) is 59.7 Å². The highest BCUT2D eigenvalue weighted by Gasteiger charge is 2.27. The van der Waals surface area contributed by atoms with Crippen LogP contribution >= 0.6 is 0 Å². The van der Waals surface area contributed by atoms with Crippen molar-refractivity contribution in [2.24, 2.45) is 0 Å². The Kier molecular flexibility index (Phi) is 2.99. The number of hydrogen-bond acceptors (Lipinski definition) is 2. The van der Waals surface area contributed by atoms with Crippen LogP contribution in [0, 0.1) is 6.92 Å². The van der Waals surface area contributed by atoms with E-state index in [0.29, 0.717) is 12.5 Å². The average molecular weight is 218 g/mol. The predicted molar refractivity (Wildman–Crippen MR) is 63.6 cm³/mol. The Morgan fingerprint density at radius 2 is 2.00 bits per heavy atom. The standard InChI is InChI=1S/C14H18O2/c1-4-10(5-2)11-7-6-9(3)13-12(11)8-16-14(13)15/h6-7,10H,4-5,8H2,1-3H3. The molecular formula is C14H18O2. The molecule has 0 aliphatic carbocycles. The first-order valence-electron chi connectivity index (χ1n) is 5.98. The molecule has 0 saturated carbocycles. The molecule has 0 amide bonds. The Morgan fingerprint density at radius 1 is 1.31 bits per heavy atom. The summed E-state index contributed by atoms with van der Waals surface area (Å²) in [6, 6.07) is 4.20. The molecule has 16 heavy (non-hydrogen) atoms. The Bertz CT molecular complexity index is 417. The van der Waals surface area contributed by atoms with Crippen molar-refractivity contribution in [3.05, 3.63) is 34.4 Å². The van der Waals surface area contributed by atoms with Crippen LogP contribution in [0.3, 0.4) is 0 Å². The first-order chi connectivity index (χ1) is 7.69. The maximum absolute atomic E-state index is 11.6. The number of rotatable bonds is 3. The molecule has 0 bridgehead atoms. The summed E-state index contributed by atoms with van der Waals surface area (Å²) >= 11 is 0. The van der Waals surface area contributed by atoms with Gasteiger partial charge in [-0.1, -0.05) is 26.0 Å². The number of fused-ring (bicyclic) bond motifs is 1. The van der Waals surface area contributed by atoms with Crippen molar-refractivity contribution in [1.29, 1.82) is 0 Å². The maximum Gasteiger partial charge on any atom is 0.339 e. The first kappa shape index (κ1) is 11.2. The zero-order valence-electron chi connectivity index (χ0n) is 10.2. The van der Waals surface area contributed by atoms with Gasteiger partial charge in [0, 0.05) is 5.56 Å². The molecule has 1 aliphatic heterocycles. The summed E-state index contributed by atoms with van der Waals surface area (Å²) in [5.41, 5.74) is 4.27. The van der Waals surface area contributed by atoms with Gasteiger partial charge in [-0.25, -0.2) is 4.79 Å². The largest absolute Gasteiger partial charge is 0.457 e. The van der Waals surface area contributed by atoms with Gasteiger partial charge in [-0.05, 0) is 36.8 Å². The second-order valence-electron chi connectivity index (χ2n) is 4.41. The van der Waals surface area contributed by atoms with Crippen LogP contribution in [0.15, 0.2) is 12.1 Å². The van der Waals surface area contributed by atoms with E-state index in [1.807, 2.05) is 13.0 Å². The molecule has 0 radical (unpaired) electrons. The van der Waals surface area contributed by atoms with Gasteiger partial charge in [0.1, 0.15) is 6.61 Å². The number of benzene rings is 1. The molecule has 86 valence electrons. The lowest BCUT2D eigenvalue weighted by molar-refractivity contribution is 0.0534. The molecule has 0 atom stereocenters. The van der Waals surface area contributed by atoms with E-state index >= 15 is 0 Å². The smallest absolute Gasteiger partial charge is 0.339 e. The summed E-state index contributed by atoms with van der Waals surface area (Å²) in [5.74, 6) is 0.393. The number of hydrogen-bond donors (Lipinski definition) is 0. The zero-order chi connectivity index (χ0) is 11.7. The minimum Gasteiger partial charge on any atom is -0.457 e. The summed E-state index contributed by atoms with van der Waals surface area (Å²) in [6.45, 7) is 6.82. The highest BCUT2D eigenvalue weighted by molar-refractivity contribution is 5.95. The quantitative estimate of drug-likeness (QED) is 0.725. The fraction of sp³-hybridized carbons (Fsp3) is 0.500.